The summed E-state index contributed by atoms with van der Waals surface area (Å²) in [6, 6.07) is 19.4. The molecule has 1 N–H and O–H groups in total. The number of aryl methyl sites for hydroxylation is 1. The fourth-order valence-corrected chi connectivity index (χ4v) is 3.43. The summed E-state index contributed by atoms with van der Waals surface area (Å²) in [5.74, 6) is 0.433. The minimum atomic E-state index is -0.325. The molecule has 4 nitrogen and oxygen atoms in total. The number of para-hydroxylation sites is 1. The molecule has 0 unspecified atom stereocenters. The highest BCUT2D eigenvalue weighted by molar-refractivity contribution is 6.01. The molecule has 5 heteroatoms. The number of hydroxylamine groups is 1. The van der Waals surface area contributed by atoms with Gasteiger partial charge in [-0.15, -0.1) is 0 Å². The number of nitrogens with zero attached hydrogens (tertiary/aromatic N) is 1. The Balaban J connectivity index is 1.37. The predicted octanol–water partition coefficient (Wildman–Crippen LogP) is 5.93. The summed E-state index contributed by atoms with van der Waals surface area (Å²) in [5.41, 5.74) is 8.46. The number of pyridine rings is 1. The molecule has 0 bridgehead atoms. The van der Waals surface area contributed by atoms with Crippen LogP contribution in [0.5, 0.6) is 5.75 Å². The number of rotatable bonds is 8. The lowest BCUT2D eigenvalue weighted by atomic mass is 10.0. The molecule has 0 fully saturated rings. The summed E-state index contributed by atoms with van der Waals surface area (Å²) in [5, 5.41) is 0. The van der Waals surface area contributed by atoms with Crippen molar-refractivity contribution >= 4 is 17.2 Å². The van der Waals surface area contributed by atoms with Crippen LogP contribution >= 0.6 is 0 Å². The highest BCUT2D eigenvalue weighted by Crippen LogP contribution is 2.38. The molecule has 3 aromatic rings. The lowest BCUT2D eigenvalue weighted by Gasteiger charge is -2.06. The predicted molar refractivity (Wildman–Crippen MR) is 121 cm³/mol. The SMILES string of the molecule is Cc1cc(C=C2C=C(CCONC=COc3ccccc3)c3ccccc32)c(F)cn1. The van der Waals surface area contributed by atoms with Crippen molar-refractivity contribution in [2.24, 2.45) is 0 Å². The highest BCUT2D eigenvalue weighted by Gasteiger charge is 2.18. The smallest absolute Gasteiger partial charge is 0.148 e. The second-order valence-electron chi connectivity index (χ2n) is 7.11. The van der Waals surface area contributed by atoms with Gasteiger partial charge >= 0.3 is 0 Å². The Morgan fingerprint density at radius 2 is 1.81 bits per heavy atom. The molecule has 0 atom stereocenters. The Morgan fingerprint density at radius 3 is 2.65 bits per heavy atom. The van der Waals surface area contributed by atoms with Gasteiger partial charge in [0, 0.05) is 11.3 Å². The Labute approximate surface area is 181 Å². The average molecular weight is 414 g/mol. The van der Waals surface area contributed by atoms with Crippen LogP contribution in [0, 0.1) is 12.7 Å². The molecule has 156 valence electrons. The van der Waals surface area contributed by atoms with Crippen molar-refractivity contribution in [3.8, 4) is 5.75 Å². The van der Waals surface area contributed by atoms with Crippen LogP contribution in [0.1, 0.15) is 28.8 Å². The summed E-state index contributed by atoms with van der Waals surface area (Å²) in [7, 11) is 0. The van der Waals surface area contributed by atoms with E-state index in [1.165, 1.54) is 12.5 Å². The van der Waals surface area contributed by atoms with E-state index in [1.807, 2.05) is 55.5 Å². The van der Waals surface area contributed by atoms with Crippen LogP contribution in [0.4, 0.5) is 4.39 Å². The maximum Gasteiger partial charge on any atom is 0.148 e. The van der Waals surface area contributed by atoms with E-state index in [0.29, 0.717) is 18.6 Å². The molecule has 0 amide bonds. The van der Waals surface area contributed by atoms with Crippen molar-refractivity contribution in [1.29, 1.82) is 0 Å². The van der Waals surface area contributed by atoms with E-state index >= 15 is 0 Å². The highest BCUT2D eigenvalue weighted by atomic mass is 19.1. The van der Waals surface area contributed by atoms with Crippen LogP contribution in [0.2, 0.25) is 0 Å². The maximum absolute atomic E-state index is 14.2. The summed E-state index contributed by atoms with van der Waals surface area (Å²) in [4.78, 5) is 9.50. The van der Waals surface area contributed by atoms with Gasteiger partial charge in [-0.3, -0.25) is 15.3 Å². The molecule has 1 aromatic heterocycles. The van der Waals surface area contributed by atoms with Gasteiger partial charge in [0.2, 0.25) is 0 Å². The van der Waals surface area contributed by atoms with Gasteiger partial charge in [-0.1, -0.05) is 48.5 Å². The Kier molecular flexibility index (Phi) is 6.55. The Bertz CT molecular complexity index is 1140. The Morgan fingerprint density at radius 1 is 1.03 bits per heavy atom. The topological polar surface area (TPSA) is 43.4 Å². The summed E-state index contributed by atoms with van der Waals surface area (Å²) in [6.07, 6.45) is 9.08. The van der Waals surface area contributed by atoms with Crippen molar-refractivity contribution < 1.29 is 14.0 Å². The second-order valence-corrected chi connectivity index (χ2v) is 7.11. The van der Waals surface area contributed by atoms with Crippen molar-refractivity contribution in [2.75, 3.05) is 6.61 Å². The second kappa shape index (κ2) is 9.87. The lowest BCUT2D eigenvalue weighted by molar-refractivity contribution is 0.0749. The van der Waals surface area contributed by atoms with E-state index in [2.05, 4.69) is 28.7 Å². The van der Waals surface area contributed by atoms with E-state index in [0.717, 1.165) is 33.7 Å². The zero-order chi connectivity index (χ0) is 21.5. The maximum atomic E-state index is 14.2. The first-order valence-electron chi connectivity index (χ1n) is 10.1. The third-order valence-electron chi connectivity index (χ3n) is 4.89. The van der Waals surface area contributed by atoms with Crippen LogP contribution in [0.3, 0.4) is 0 Å². The fraction of sp³-hybridized carbons (Fsp3) is 0.115. The zero-order valence-electron chi connectivity index (χ0n) is 17.2. The van der Waals surface area contributed by atoms with Gasteiger partial charge in [-0.25, -0.2) is 4.39 Å². The zero-order valence-corrected chi connectivity index (χ0v) is 17.2. The quantitative estimate of drug-likeness (QED) is 0.282. The van der Waals surface area contributed by atoms with Gasteiger partial charge in [0.05, 0.1) is 19.0 Å². The molecule has 0 radical (unpaired) electrons. The number of hydrogen-bond acceptors (Lipinski definition) is 4. The first-order chi connectivity index (χ1) is 15.2. The fourth-order valence-electron chi connectivity index (χ4n) is 3.43. The monoisotopic (exact) mass is 414 g/mol. The molecule has 2 aromatic carbocycles. The minimum absolute atomic E-state index is 0.325. The first-order valence-corrected chi connectivity index (χ1v) is 10.1. The molecule has 4 rings (SSSR count). The normalized spacial score (nSPS) is 14.0. The molecule has 0 saturated heterocycles. The molecular formula is C26H23FN2O2. The molecule has 31 heavy (non-hydrogen) atoms. The van der Waals surface area contributed by atoms with E-state index in [1.54, 1.807) is 12.3 Å². The molecule has 0 saturated carbocycles. The minimum Gasteiger partial charge on any atom is -0.463 e. The molecular weight excluding hydrogens is 391 g/mol. The van der Waals surface area contributed by atoms with Gasteiger partial charge < -0.3 is 4.74 Å². The van der Waals surface area contributed by atoms with Gasteiger partial charge in [-0.2, -0.15) is 0 Å². The van der Waals surface area contributed by atoms with Crippen molar-refractivity contribution in [3.05, 3.63) is 114 Å². The number of allylic oxidation sites excluding steroid dienone is 2. The number of halogens is 1. The average Bonchev–Trinajstić information content (AvgIpc) is 3.14. The standard InChI is InChI=1S/C26H23FN2O2/c1-19-15-22(26(27)18-28-19)17-21-16-20(24-9-5-6-10-25(21)24)11-13-31-29-12-14-30-23-7-3-2-4-8-23/h2-10,12,14-18,29H,11,13H2,1H3. The van der Waals surface area contributed by atoms with Crippen molar-refractivity contribution in [1.82, 2.24) is 10.5 Å². The van der Waals surface area contributed by atoms with Gasteiger partial charge in [0.1, 0.15) is 17.8 Å². The van der Waals surface area contributed by atoms with E-state index < -0.39 is 0 Å². The van der Waals surface area contributed by atoms with Crippen LogP contribution in [0.25, 0.3) is 17.2 Å². The molecule has 1 aliphatic rings. The van der Waals surface area contributed by atoms with E-state index in [-0.39, 0.29) is 5.82 Å². The van der Waals surface area contributed by atoms with E-state index in [4.69, 9.17) is 9.57 Å². The number of benzene rings is 2. The van der Waals surface area contributed by atoms with Crippen LogP contribution in [-0.4, -0.2) is 11.6 Å². The summed E-state index contributed by atoms with van der Waals surface area (Å²) >= 11 is 0. The van der Waals surface area contributed by atoms with Gasteiger partial charge in [0.25, 0.3) is 0 Å². The number of fused-ring (bicyclic) bond motifs is 1. The number of nitrogens with one attached hydrogen (secondary N) is 1. The third kappa shape index (κ3) is 5.27. The lowest BCUT2D eigenvalue weighted by Crippen LogP contribution is -2.08. The third-order valence-corrected chi connectivity index (χ3v) is 4.89. The van der Waals surface area contributed by atoms with Crippen LogP contribution in [0.15, 0.2) is 85.4 Å². The Hall–Kier alpha value is -3.70. The van der Waals surface area contributed by atoms with Crippen molar-refractivity contribution in [3.63, 3.8) is 0 Å². The molecule has 1 aliphatic carbocycles. The van der Waals surface area contributed by atoms with Gasteiger partial charge in [0.15, 0.2) is 0 Å². The first kappa shape index (κ1) is 20.6. The summed E-state index contributed by atoms with van der Waals surface area (Å²) in [6.45, 7) is 2.33. The molecule has 1 heterocycles. The van der Waals surface area contributed by atoms with Crippen LogP contribution < -0.4 is 10.2 Å². The molecule has 0 aliphatic heterocycles. The van der Waals surface area contributed by atoms with E-state index in [9.17, 15) is 4.39 Å². The number of hydrogen-bond donors (Lipinski definition) is 1. The molecule has 0 spiro atoms. The summed E-state index contributed by atoms with van der Waals surface area (Å²) < 4.78 is 19.6. The number of aromatic nitrogens is 1. The largest absolute Gasteiger partial charge is 0.463 e. The van der Waals surface area contributed by atoms with Crippen LogP contribution in [-0.2, 0) is 4.84 Å². The number of ether oxygens (including phenoxy) is 1. The van der Waals surface area contributed by atoms with Crippen molar-refractivity contribution in [2.45, 2.75) is 13.3 Å². The van der Waals surface area contributed by atoms with Gasteiger partial charge in [-0.05, 0) is 59.9 Å².